The predicted molar refractivity (Wildman–Crippen MR) is 55.7 cm³/mol. The first-order chi connectivity index (χ1) is 5.49. The first-order valence-electron chi connectivity index (χ1n) is 4.77. The van der Waals surface area contributed by atoms with Crippen LogP contribution in [0.1, 0.15) is 34.6 Å². The topological polar surface area (TPSA) is 15.6 Å². The Kier molecular flexibility index (Phi) is 4.95. The number of nitrogens with zero attached hydrogens (tertiary/aromatic N) is 2. The average molecular weight is 170 g/mol. The van der Waals surface area contributed by atoms with Crippen LogP contribution < -0.4 is 0 Å². The molecular weight excluding hydrogens is 148 g/mol. The summed E-state index contributed by atoms with van der Waals surface area (Å²) in [4.78, 5) is 6.80. The third kappa shape index (κ3) is 3.74. The van der Waals surface area contributed by atoms with Gasteiger partial charge < -0.3 is 4.90 Å². The standard InChI is InChI=1S/C10H22N2/c1-7-12(6)10(8(2)3)11-9(4)5/h8-9H,7H2,1-6H3. The highest BCUT2D eigenvalue weighted by atomic mass is 15.2. The summed E-state index contributed by atoms with van der Waals surface area (Å²) < 4.78 is 0. The monoisotopic (exact) mass is 170 g/mol. The van der Waals surface area contributed by atoms with Gasteiger partial charge in [-0.25, -0.2) is 0 Å². The Bertz CT molecular complexity index is 148. The molecule has 0 fully saturated rings. The molecular formula is C10H22N2. The molecule has 0 spiro atoms. The van der Waals surface area contributed by atoms with Crippen LogP contribution in [-0.2, 0) is 0 Å². The zero-order chi connectivity index (χ0) is 9.72. The second-order valence-electron chi connectivity index (χ2n) is 3.75. The van der Waals surface area contributed by atoms with Crippen LogP contribution >= 0.6 is 0 Å². The number of hydrogen-bond acceptors (Lipinski definition) is 1. The lowest BCUT2D eigenvalue weighted by molar-refractivity contribution is 0.496. The van der Waals surface area contributed by atoms with Crippen molar-refractivity contribution in [3.05, 3.63) is 0 Å². The molecule has 0 rings (SSSR count). The van der Waals surface area contributed by atoms with Crippen LogP contribution in [0.3, 0.4) is 0 Å². The van der Waals surface area contributed by atoms with Gasteiger partial charge in [-0.3, -0.25) is 4.99 Å². The van der Waals surface area contributed by atoms with E-state index in [0.29, 0.717) is 12.0 Å². The maximum Gasteiger partial charge on any atom is 0.101 e. The van der Waals surface area contributed by atoms with Gasteiger partial charge in [0.2, 0.25) is 0 Å². The summed E-state index contributed by atoms with van der Waals surface area (Å²) >= 11 is 0. The van der Waals surface area contributed by atoms with Crippen molar-refractivity contribution in [1.82, 2.24) is 4.90 Å². The Morgan fingerprint density at radius 3 is 2.00 bits per heavy atom. The van der Waals surface area contributed by atoms with Crippen molar-refractivity contribution < 1.29 is 0 Å². The van der Waals surface area contributed by atoms with Gasteiger partial charge in [0.15, 0.2) is 0 Å². The average Bonchev–Trinajstić information content (AvgIpc) is 1.98. The lowest BCUT2D eigenvalue weighted by Crippen LogP contribution is -2.31. The van der Waals surface area contributed by atoms with Crippen molar-refractivity contribution in [2.45, 2.75) is 40.7 Å². The molecule has 2 heteroatoms. The fourth-order valence-electron chi connectivity index (χ4n) is 1.11. The van der Waals surface area contributed by atoms with Gasteiger partial charge in [-0.15, -0.1) is 0 Å². The van der Waals surface area contributed by atoms with E-state index in [1.54, 1.807) is 0 Å². The van der Waals surface area contributed by atoms with E-state index in [1.807, 2.05) is 0 Å². The van der Waals surface area contributed by atoms with Gasteiger partial charge in [0, 0.05) is 25.6 Å². The summed E-state index contributed by atoms with van der Waals surface area (Å²) in [6, 6.07) is 0.399. The van der Waals surface area contributed by atoms with Crippen LogP contribution in [0.4, 0.5) is 0 Å². The van der Waals surface area contributed by atoms with Crippen molar-refractivity contribution in [2.75, 3.05) is 13.6 Å². The summed E-state index contributed by atoms with van der Waals surface area (Å²) in [5.41, 5.74) is 0. The molecule has 0 radical (unpaired) electrons. The molecule has 0 aromatic carbocycles. The molecule has 0 saturated carbocycles. The highest BCUT2D eigenvalue weighted by molar-refractivity contribution is 5.83. The molecule has 0 N–H and O–H groups in total. The molecule has 12 heavy (non-hydrogen) atoms. The highest BCUT2D eigenvalue weighted by Gasteiger charge is 2.09. The number of aliphatic imine (C=N–C) groups is 1. The van der Waals surface area contributed by atoms with E-state index in [1.165, 1.54) is 5.84 Å². The Hall–Kier alpha value is -0.530. The van der Waals surface area contributed by atoms with Crippen LogP contribution in [0.2, 0.25) is 0 Å². The summed E-state index contributed by atoms with van der Waals surface area (Å²) in [6.45, 7) is 11.8. The smallest absolute Gasteiger partial charge is 0.101 e. The van der Waals surface area contributed by atoms with Crippen LogP contribution in [0.15, 0.2) is 4.99 Å². The van der Waals surface area contributed by atoms with Gasteiger partial charge in [0.25, 0.3) is 0 Å². The third-order valence-electron chi connectivity index (χ3n) is 1.77. The number of hydrogen-bond donors (Lipinski definition) is 0. The fraction of sp³-hybridized carbons (Fsp3) is 0.900. The Balaban J connectivity index is 4.43. The molecule has 0 aromatic rings. The molecule has 0 saturated heterocycles. The second-order valence-corrected chi connectivity index (χ2v) is 3.75. The lowest BCUT2D eigenvalue weighted by Gasteiger charge is -2.23. The van der Waals surface area contributed by atoms with E-state index < -0.39 is 0 Å². The summed E-state index contributed by atoms with van der Waals surface area (Å²) in [6.07, 6.45) is 0. The van der Waals surface area contributed by atoms with E-state index in [0.717, 1.165) is 6.54 Å². The van der Waals surface area contributed by atoms with Gasteiger partial charge in [0.1, 0.15) is 5.84 Å². The van der Waals surface area contributed by atoms with Gasteiger partial charge in [-0.1, -0.05) is 13.8 Å². The first-order valence-corrected chi connectivity index (χ1v) is 4.77. The van der Waals surface area contributed by atoms with E-state index in [9.17, 15) is 0 Å². The molecule has 0 aliphatic heterocycles. The molecule has 0 unspecified atom stereocenters. The minimum Gasteiger partial charge on any atom is -0.363 e. The molecule has 0 atom stereocenters. The minimum absolute atomic E-state index is 0.399. The molecule has 0 heterocycles. The zero-order valence-corrected chi connectivity index (χ0v) is 9.26. The van der Waals surface area contributed by atoms with E-state index in [4.69, 9.17) is 0 Å². The predicted octanol–water partition coefficient (Wildman–Crippen LogP) is 2.40. The van der Waals surface area contributed by atoms with Crippen LogP contribution in [0.25, 0.3) is 0 Å². The largest absolute Gasteiger partial charge is 0.363 e. The molecule has 0 amide bonds. The Labute approximate surface area is 76.7 Å². The Morgan fingerprint density at radius 1 is 1.25 bits per heavy atom. The molecule has 0 aliphatic carbocycles. The maximum atomic E-state index is 4.59. The van der Waals surface area contributed by atoms with Crippen LogP contribution in [0.5, 0.6) is 0 Å². The summed E-state index contributed by atoms with van der Waals surface area (Å²) in [7, 11) is 2.10. The van der Waals surface area contributed by atoms with Crippen molar-refractivity contribution in [3.63, 3.8) is 0 Å². The number of rotatable bonds is 3. The maximum absolute atomic E-state index is 4.59. The van der Waals surface area contributed by atoms with Gasteiger partial charge in [-0.05, 0) is 20.8 Å². The molecule has 2 nitrogen and oxygen atoms in total. The van der Waals surface area contributed by atoms with Crippen molar-refractivity contribution >= 4 is 5.84 Å². The van der Waals surface area contributed by atoms with E-state index in [-0.39, 0.29) is 0 Å². The summed E-state index contributed by atoms with van der Waals surface area (Å²) in [5.74, 6) is 1.74. The van der Waals surface area contributed by atoms with Crippen LogP contribution in [0, 0.1) is 5.92 Å². The van der Waals surface area contributed by atoms with Gasteiger partial charge >= 0.3 is 0 Å². The zero-order valence-electron chi connectivity index (χ0n) is 9.26. The molecule has 0 aromatic heterocycles. The lowest BCUT2D eigenvalue weighted by atomic mass is 10.2. The molecule has 0 aliphatic rings. The Morgan fingerprint density at radius 2 is 1.75 bits per heavy atom. The van der Waals surface area contributed by atoms with E-state index in [2.05, 4.69) is 51.6 Å². The SMILES string of the molecule is CCN(C)C(=NC(C)C)C(C)C. The molecule has 72 valence electrons. The van der Waals surface area contributed by atoms with Gasteiger partial charge in [0.05, 0.1) is 0 Å². The van der Waals surface area contributed by atoms with Gasteiger partial charge in [-0.2, -0.15) is 0 Å². The van der Waals surface area contributed by atoms with Crippen molar-refractivity contribution in [1.29, 1.82) is 0 Å². The van der Waals surface area contributed by atoms with E-state index >= 15 is 0 Å². The fourth-order valence-corrected chi connectivity index (χ4v) is 1.11. The van der Waals surface area contributed by atoms with Crippen molar-refractivity contribution in [3.8, 4) is 0 Å². The summed E-state index contributed by atoms with van der Waals surface area (Å²) in [5, 5.41) is 0. The van der Waals surface area contributed by atoms with Crippen molar-refractivity contribution in [2.24, 2.45) is 10.9 Å². The first kappa shape index (κ1) is 11.5. The third-order valence-corrected chi connectivity index (χ3v) is 1.77. The highest BCUT2D eigenvalue weighted by Crippen LogP contribution is 2.03. The molecule has 0 bridgehead atoms. The van der Waals surface area contributed by atoms with Crippen LogP contribution in [-0.4, -0.2) is 30.4 Å². The quantitative estimate of drug-likeness (QED) is 0.469. The normalized spacial score (nSPS) is 12.8. The minimum atomic E-state index is 0.399. The number of amidine groups is 1. The second kappa shape index (κ2) is 5.18.